The van der Waals surface area contributed by atoms with Crippen LogP contribution in [0.25, 0.3) is 0 Å². The summed E-state index contributed by atoms with van der Waals surface area (Å²) in [5.74, 6) is 2.06. The van der Waals surface area contributed by atoms with Crippen LogP contribution >= 0.6 is 0 Å². The Kier molecular flexibility index (Phi) is 4.00. The summed E-state index contributed by atoms with van der Waals surface area (Å²) in [6, 6.07) is 0. The minimum atomic E-state index is 1.16. The Morgan fingerprint density at radius 2 is 2.60 bits per heavy atom. The van der Waals surface area contributed by atoms with Crippen molar-refractivity contribution in [2.24, 2.45) is 0 Å². The van der Waals surface area contributed by atoms with E-state index < -0.39 is 0 Å². The second-order valence-electron chi connectivity index (χ2n) is 0.977. The summed E-state index contributed by atoms with van der Waals surface area (Å²) in [5.41, 5.74) is 0. The Hall–Kier alpha value is -0.000130. The van der Waals surface area contributed by atoms with Crippen molar-refractivity contribution in [3.05, 3.63) is 0 Å². The van der Waals surface area contributed by atoms with Gasteiger partial charge in [-0.25, -0.2) is 0 Å². The third-order valence-corrected chi connectivity index (χ3v) is 0.471. The first kappa shape index (κ1) is 5.00. The fraction of sp³-hybridized carbons (Fsp3) is 0.667. The van der Waals surface area contributed by atoms with Crippen LogP contribution in [0.3, 0.4) is 0 Å². The average Bonchev–Trinajstić information content (AvgIpc) is 1.41. The molecule has 0 saturated heterocycles. The number of hydrogen-bond acceptors (Lipinski definition) is 0. The molecule has 0 unspecified atom stereocenters. The van der Waals surface area contributed by atoms with Crippen LogP contribution in [0, 0.1) is 0 Å². The van der Waals surface area contributed by atoms with Gasteiger partial charge in [0.2, 0.25) is 0 Å². The Labute approximate surface area is 34.9 Å². The minimum absolute atomic E-state index is 1.16. The van der Waals surface area contributed by atoms with Gasteiger partial charge in [-0.15, -0.1) is 0 Å². The summed E-state index contributed by atoms with van der Waals surface area (Å²) >= 11 is 0. The van der Waals surface area contributed by atoms with Crippen molar-refractivity contribution in [3.63, 3.8) is 0 Å². The molecule has 0 nitrogen and oxygen atoms in total. The maximum absolute atomic E-state index is 2.12. The van der Waals surface area contributed by atoms with E-state index in [0.29, 0.717) is 0 Å². The molecule has 0 aliphatic heterocycles. The second kappa shape index (κ2) is 4.00. The van der Waals surface area contributed by atoms with Gasteiger partial charge >= 0.3 is 33.9 Å². The molecule has 0 N–H and O–H groups in total. The topological polar surface area (TPSA) is 0 Å². The normalized spacial score (nSPS) is 8.20. The molecule has 0 rings (SSSR count). The van der Waals surface area contributed by atoms with Gasteiger partial charge in [-0.3, -0.25) is 0 Å². The van der Waals surface area contributed by atoms with Crippen molar-refractivity contribution in [2.45, 2.75) is 13.1 Å². The van der Waals surface area contributed by atoms with Gasteiger partial charge in [0.1, 0.15) is 0 Å². The zero-order chi connectivity index (χ0) is 4.12. The quantitative estimate of drug-likeness (QED) is 0.362. The van der Waals surface area contributed by atoms with Gasteiger partial charge in [0, 0.05) is 0 Å². The summed E-state index contributed by atoms with van der Waals surface area (Å²) in [6.45, 7) is 4.16. The molecule has 0 spiro atoms. The molecule has 0 heterocycles. The Morgan fingerprint density at radius 1 is 2.00 bits per heavy atom. The molecule has 0 atom stereocenters. The zero-order valence-corrected chi connectivity index (χ0v) is 3.86. The Balaban J connectivity index is 2.62. The van der Waals surface area contributed by atoms with E-state index in [1.165, 1.54) is 0 Å². The summed E-state index contributed by atoms with van der Waals surface area (Å²) in [7, 11) is 2.12. The van der Waals surface area contributed by atoms with Crippen molar-refractivity contribution >= 4 is 20.7 Å². The average molecular weight is 65.7 g/mol. The summed E-state index contributed by atoms with van der Waals surface area (Å²) in [5, 5.41) is 0. The van der Waals surface area contributed by atoms with Gasteiger partial charge in [0.25, 0.3) is 0 Å². The van der Waals surface area contributed by atoms with Gasteiger partial charge in [0.05, 0.1) is 0 Å². The van der Waals surface area contributed by atoms with Crippen molar-refractivity contribution in [1.29, 1.82) is 0 Å². The summed E-state index contributed by atoms with van der Waals surface area (Å²) in [6.07, 6.45) is 1.16. The molecule has 5 heavy (non-hydrogen) atoms. The first-order valence-electron chi connectivity index (χ1n) is 2.03. The molecule has 0 amide bonds. The summed E-state index contributed by atoms with van der Waals surface area (Å²) in [4.78, 5) is 0. The Morgan fingerprint density at radius 3 is 2.60 bits per heavy atom. The van der Waals surface area contributed by atoms with E-state index in [2.05, 4.69) is 20.7 Å². The van der Waals surface area contributed by atoms with Crippen LogP contribution in [0.5, 0.6) is 0 Å². The van der Waals surface area contributed by atoms with Crippen LogP contribution in [0.1, 0.15) is 6.92 Å². The van der Waals surface area contributed by atoms with E-state index in [4.69, 9.17) is 0 Å². The Bertz CT molecular complexity index is 31.9. The van der Waals surface area contributed by atoms with E-state index in [9.17, 15) is 0 Å². The molecule has 0 aromatic heterocycles. The molecule has 2 heteroatoms. The van der Waals surface area contributed by atoms with Gasteiger partial charge in [0.15, 0.2) is 0 Å². The van der Waals surface area contributed by atoms with Crippen LogP contribution < -0.4 is 0 Å². The molecule has 26 valence electrons. The third-order valence-electron chi connectivity index (χ3n) is 0.471. The molecular formula is C3H8B2. The van der Waals surface area contributed by atoms with Crippen LogP contribution in [0.4, 0.5) is 0 Å². The second-order valence-corrected chi connectivity index (χ2v) is 0.977. The van der Waals surface area contributed by atoms with Gasteiger partial charge in [-0.05, 0) is 0 Å². The van der Waals surface area contributed by atoms with Crippen molar-refractivity contribution in [1.82, 2.24) is 0 Å². The molecule has 0 saturated carbocycles. The van der Waals surface area contributed by atoms with Crippen LogP contribution in [0.2, 0.25) is 6.22 Å². The third kappa shape index (κ3) is 4.00. The summed E-state index contributed by atoms with van der Waals surface area (Å²) < 4.78 is 0. The SMILES string of the molecule is BC/B=C\C. The molecule has 0 radical (unpaired) electrons. The number of hydrogen-bond donors (Lipinski definition) is 0. The van der Waals surface area contributed by atoms with Crippen LogP contribution in [0.15, 0.2) is 0 Å². The fourth-order valence-corrected chi connectivity index (χ4v) is 0.236. The molecule has 0 aliphatic rings. The standard InChI is InChI=1S/C3H8B2/c1-2-5-3-4/h2H,3-4H2,1H3. The first-order valence-corrected chi connectivity index (χ1v) is 2.03. The van der Waals surface area contributed by atoms with E-state index in [-0.39, 0.29) is 0 Å². The van der Waals surface area contributed by atoms with E-state index >= 15 is 0 Å². The van der Waals surface area contributed by atoms with Gasteiger partial charge in [-0.1, -0.05) is 0 Å². The van der Waals surface area contributed by atoms with E-state index in [0.717, 1.165) is 6.22 Å². The first-order chi connectivity index (χ1) is 2.41. The monoisotopic (exact) mass is 66.1 g/mol. The van der Waals surface area contributed by atoms with E-state index in [1.54, 1.807) is 0 Å². The zero-order valence-electron chi connectivity index (χ0n) is 3.86. The number of rotatable bonds is 1. The molecule has 0 aromatic carbocycles. The van der Waals surface area contributed by atoms with Gasteiger partial charge < -0.3 is 0 Å². The maximum atomic E-state index is 2.12. The van der Waals surface area contributed by atoms with Crippen molar-refractivity contribution < 1.29 is 0 Å². The molecular weight excluding hydrogens is 57.7 g/mol. The fourth-order valence-electron chi connectivity index (χ4n) is 0.236. The molecule has 0 aromatic rings. The van der Waals surface area contributed by atoms with Crippen molar-refractivity contribution in [2.75, 3.05) is 0 Å². The predicted octanol–water partition coefficient (Wildman–Crippen LogP) is -0.478. The van der Waals surface area contributed by atoms with Gasteiger partial charge in [-0.2, -0.15) is 0 Å². The predicted molar refractivity (Wildman–Crippen MR) is 30.8 cm³/mol. The molecule has 0 bridgehead atoms. The molecule has 0 aliphatic carbocycles. The van der Waals surface area contributed by atoms with Crippen molar-refractivity contribution in [3.8, 4) is 0 Å². The molecule has 0 fully saturated rings. The van der Waals surface area contributed by atoms with Crippen LogP contribution in [-0.2, 0) is 0 Å². The van der Waals surface area contributed by atoms with E-state index in [1.807, 2.05) is 6.92 Å². The van der Waals surface area contributed by atoms with Crippen LogP contribution in [-0.4, -0.2) is 20.7 Å².